The lowest BCUT2D eigenvalue weighted by molar-refractivity contribution is 0.405. The highest BCUT2D eigenvalue weighted by atomic mass is 79.9. The van der Waals surface area contributed by atoms with Gasteiger partial charge in [-0.1, -0.05) is 22.0 Å². The lowest BCUT2D eigenvalue weighted by Crippen LogP contribution is -2.17. The second-order valence-electron chi connectivity index (χ2n) is 6.85. The minimum absolute atomic E-state index is 0.596. The summed E-state index contributed by atoms with van der Waals surface area (Å²) >= 11 is 3.54. The van der Waals surface area contributed by atoms with E-state index >= 15 is 0 Å². The maximum absolute atomic E-state index is 4.65. The Balaban J connectivity index is 1.85. The molecule has 0 amide bonds. The van der Waals surface area contributed by atoms with Gasteiger partial charge in [0, 0.05) is 29.0 Å². The first-order valence-electron chi connectivity index (χ1n) is 9.23. The molecule has 0 aliphatic rings. The summed E-state index contributed by atoms with van der Waals surface area (Å²) in [7, 11) is 4.14. The smallest absolute Gasteiger partial charge is 0.225 e. The van der Waals surface area contributed by atoms with E-state index in [0.717, 1.165) is 52.4 Å². The third-order valence-electron chi connectivity index (χ3n) is 4.15. The van der Waals surface area contributed by atoms with Crippen molar-refractivity contribution in [2.24, 2.45) is 0 Å². The van der Waals surface area contributed by atoms with Gasteiger partial charge in [0.1, 0.15) is 5.82 Å². The maximum Gasteiger partial charge on any atom is 0.225 e. The number of anilines is 3. The number of benzene rings is 1. The van der Waals surface area contributed by atoms with Gasteiger partial charge in [-0.25, -0.2) is 4.98 Å². The van der Waals surface area contributed by atoms with Crippen LogP contribution in [0.3, 0.4) is 0 Å². The molecule has 2 N–H and O–H groups in total. The molecule has 0 atom stereocenters. The molecule has 3 rings (SSSR count). The number of rotatable bonds is 8. The first kappa shape index (κ1) is 20.2. The topological polar surface area (TPSA) is 66.0 Å². The molecule has 0 spiro atoms. The van der Waals surface area contributed by atoms with Crippen LogP contribution in [-0.2, 0) is 0 Å². The summed E-state index contributed by atoms with van der Waals surface area (Å²) in [4.78, 5) is 15.9. The molecule has 0 aliphatic heterocycles. The van der Waals surface area contributed by atoms with Crippen LogP contribution >= 0.6 is 15.9 Å². The monoisotopic (exact) mass is 440 g/mol. The fraction of sp³-hybridized carbons (Fsp3) is 0.286. The van der Waals surface area contributed by atoms with Crippen LogP contribution in [0, 0.1) is 6.92 Å². The SMILES string of the molecule is Cc1cc(Nc2cc(-c3ccccn3)nc(NCCCN(C)C)n2)ccc1Br. The van der Waals surface area contributed by atoms with Gasteiger partial charge in [0.25, 0.3) is 0 Å². The molecular weight excluding hydrogens is 416 g/mol. The quantitative estimate of drug-likeness (QED) is 0.494. The van der Waals surface area contributed by atoms with Crippen molar-refractivity contribution in [2.75, 3.05) is 37.8 Å². The third kappa shape index (κ3) is 5.74. The molecule has 6 nitrogen and oxygen atoms in total. The van der Waals surface area contributed by atoms with Crippen molar-refractivity contribution in [1.29, 1.82) is 0 Å². The average molecular weight is 441 g/mol. The Labute approximate surface area is 174 Å². The normalized spacial score (nSPS) is 10.9. The number of aryl methyl sites for hydroxylation is 1. The molecule has 0 saturated carbocycles. The fourth-order valence-electron chi connectivity index (χ4n) is 2.70. The molecule has 28 heavy (non-hydrogen) atoms. The lowest BCUT2D eigenvalue weighted by atomic mass is 10.2. The molecule has 7 heteroatoms. The Hall–Kier alpha value is -2.51. The van der Waals surface area contributed by atoms with E-state index in [0.29, 0.717) is 5.95 Å². The van der Waals surface area contributed by atoms with E-state index in [1.165, 1.54) is 0 Å². The Morgan fingerprint density at radius 2 is 1.89 bits per heavy atom. The highest BCUT2D eigenvalue weighted by Gasteiger charge is 2.09. The largest absolute Gasteiger partial charge is 0.354 e. The van der Waals surface area contributed by atoms with E-state index in [1.807, 2.05) is 36.4 Å². The van der Waals surface area contributed by atoms with Crippen LogP contribution in [0.2, 0.25) is 0 Å². The van der Waals surface area contributed by atoms with Crippen LogP contribution in [0.15, 0.2) is 53.1 Å². The van der Waals surface area contributed by atoms with Crippen molar-refractivity contribution in [3.8, 4) is 11.4 Å². The Bertz CT molecular complexity index is 914. The van der Waals surface area contributed by atoms with Crippen molar-refractivity contribution in [1.82, 2.24) is 19.9 Å². The number of hydrogen-bond donors (Lipinski definition) is 2. The summed E-state index contributed by atoms with van der Waals surface area (Å²) in [6.45, 7) is 3.88. The molecule has 0 unspecified atom stereocenters. The summed E-state index contributed by atoms with van der Waals surface area (Å²) in [6, 6.07) is 13.9. The number of halogens is 1. The van der Waals surface area contributed by atoms with E-state index in [-0.39, 0.29) is 0 Å². The number of pyridine rings is 1. The van der Waals surface area contributed by atoms with E-state index in [4.69, 9.17) is 0 Å². The second kappa shape index (κ2) is 9.61. The van der Waals surface area contributed by atoms with Crippen LogP contribution in [0.4, 0.5) is 17.5 Å². The van der Waals surface area contributed by atoms with Gasteiger partial charge in [0.15, 0.2) is 0 Å². The first-order chi connectivity index (χ1) is 13.5. The molecule has 0 aliphatic carbocycles. The van der Waals surface area contributed by atoms with Gasteiger partial charge in [0.05, 0.1) is 11.4 Å². The van der Waals surface area contributed by atoms with Crippen molar-refractivity contribution < 1.29 is 0 Å². The van der Waals surface area contributed by atoms with Crippen LogP contribution in [0.5, 0.6) is 0 Å². The van der Waals surface area contributed by atoms with Gasteiger partial charge in [-0.2, -0.15) is 4.98 Å². The third-order valence-corrected chi connectivity index (χ3v) is 5.04. The molecule has 0 bridgehead atoms. The van der Waals surface area contributed by atoms with Crippen molar-refractivity contribution in [2.45, 2.75) is 13.3 Å². The summed E-state index contributed by atoms with van der Waals surface area (Å²) < 4.78 is 1.08. The molecule has 0 fully saturated rings. The Morgan fingerprint density at radius 3 is 2.61 bits per heavy atom. The summed E-state index contributed by atoms with van der Waals surface area (Å²) in [5.74, 6) is 1.32. The van der Waals surface area contributed by atoms with Gasteiger partial charge in [-0.15, -0.1) is 0 Å². The second-order valence-corrected chi connectivity index (χ2v) is 7.70. The van der Waals surface area contributed by atoms with E-state index in [9.17, 15) is 0 Å². The van der Waals surface area contributed by atoms with Crippen molar-refractivity contribution in [3.63, 3.8) is 0 Å². The number of nitrogens with one attached hydrogen (secondary N) is 2. The van der Waals surface area contributed by atoms with Crippen LogP contribution in [-0.4, -0.2) is 47.0 Å². The molecule has 3 aromatic rings. The zero-order valence-electron chi connectivity index (χ0n) is 16.4. The van der Waals surface area contributed by atoms with Crippen molar-refractivity contribution >= 4 is 33.4 Å². The van der Waals surface area contributed by atoms with Gasteiger partial charge in [0.2, 0.25) is 5.95 Å². The zero-order valence-corrected chi connectivity index (χ0v) is 18.0. The van der Waals surface area contributed by atoms with Gasteiger partial charge in [-0.3, -0.25) is 4.98 Å². The predicted octanol–water partition coefficient (Wildman–Crippen LogP) is 4.72. The molecule has 146 valence electrons. The molecule has 0 saturated heterocycles. The summed E-state index contributed by atoms with van der Waals surface area (Å²) in [6.07, 6.45) is 2.78. The average Bonchev–Trinajstić information content (AvgIpc) is 2.68. The molecule has 2 heterocycles. The van der Waals surface area contributed by atoms with E-state index < -0.39 is 0 Å². The Morgan fingerprint density at radius 1 is 1.04 bits per heavy atom. The lowest BCUT2D eigenvalue weighted by Gasteiger charge is -2.13. The molecule has 0 radical (unpaired) electrons. The minimum atomic E-state index is 0.596. The molecule has 2 aromatic heterocycles. The summed E-state index contributed by atoms with van der Waals surface area (Å²) in [5.41, 5.74) is 3.73. The fourth-order valence-corrected chi connectivity index (χ4v) is 2.95. The van der Waals surface area contributed by atoms with Crippen LogP contribution in [0.25, 0.3) is 11.4 Å². The maximum atomic E-state index is 4.65. The van der Waals surface area contributed by atoms with Crippen LogP contribution in [0.1, 0.15) is 12.0 Å². The zero-order chi connectivity index (χ0) is 19.9. The van der Waals surface area contributed by atoms with Gasteiger partial charge >= 0.3 is 0 Å². The minimum Gasteiger partial charge on any atom is -0.354 e. The van der Waals surface area contributed by atoms with E-state index in [1.54, 1.807) is 6.20 Å². The standard InChI is InChI=1S/C21H25BrN6/c1-15-13-16(8-9-17(15)22)25-20-14-19(18-7-4-5-10-23-18)26-21(27-20)24-11-6-12-28(2)3/h4-5,7-10,13-14H,6,11-12H2,1-3H3,(H2,24,25,26,27). The van der Waals surface area contributed by atoms with Crippen molar-refractivity contribution in [3.05, 3.63) is 58.7 Å². The molecule has 1 aromatic carbocycles. The number of nitrogens with zero attached hydrogens (tertiary/aromatic N) is 4. The number of aromatic nitrogens is 3. The highest BCUT2D eigenvalue weighted by molar-refractivity contribution is 9.10. The van der Waals surface area contributed by atoms with Gasteiger partial charge in [-0.05, 0) is 69.9 Å². The highest BCUT2D eigenvalue weighted by Crippen LogP contribution is 2.25. The predicted molar refractivity (Wildman–Crippen MR) is 119 cm³/mol. The Kier molecular flexibility index (Phi) is 6.95. The summed E-state index contributed by atoms with van der Waals surface area (Å²) in [5, 5.41) is 6.72. The van der Waals surface area contributed by atoms with Crippen LogP contribution < -0.4 is 10.6 Å². The molecular formula is C21H25BrN6. The number of hydrogen-bond acceptors (Lipinski definition) is 6. The first-order valence-corrected chi connectivity index (χ1v) is 10.0. The van der Waals surface area contributed by atoms with Gasteiger partial charge < -0.3 is 15.5 Å². The van der Waals surface area contributed by atoms with E-state index in [2.05, 4.69) is 73.5 Å².